The number of hydrogen-bond acceptors (Lipinski definition) is 2. The van der Waals surface area contributed by atoms with Gasteiger partial charge in [0.15, 0.2) is 0 Å². The van der Waals surface area contributed by atoms with Crippen LogP contribution in [0.5, 0.6) is 0 Å². The van der Waals surface area contributed by atoms with Gasteiger partial charge >= 0.3 is 6.03 Å². The molecule has 0 unspecified atom stereocenters. The monoisotopic (exact) mass is 270 g/mol. The lowest BCUT2D eigenvalue weighted by Crippen LogP contribution is -2.44. The van der Waals surface area contributed by atoms with Crippen LogP contribution >= 0.6 is 0 Å². The van der Waals surface area contributed by atoms with Crippen molar-refractivity contribution < 1.29 is 9.90 Å². The average Bonchev–Trinajstić information content (AvgIpc) is 2.37. The smallest absolute Gasteiger partial charge is 0.317 e. The third-order valence-corrected chi connectivity index (χ3v) is 4.12. The molecule has 0 heterocycles. The minimum Gasteiger partial charge on any atom is -0.393 e. The molecule has 0 radical (unpaired) electrons. The van der Waals surface area contributed by atoms with Crippen LogP contribution in [0.3, 0.4) is 0 Å². The Morgan fingerprint density at radius 1 is 1.37 bits per heavy atom. The van der Waals surface area contributed by atoms with E-state index in [1.54, 1.807) is 0 Å². The molecule has 2 amide bonds. The van der Waals surface area contributed by atoms with Crippen molar-refractivity contribution >= 4 is 6.03 Å². The van der Waals surface area contributed by atoms with Gasteiger partial charge < -0.3 is 15.3 Å². The normalized spacial score (nSPS) is 23.4. The summed E-state index contributed by atoms with van der Waals surface area (Å²) in [7, 11) is 0. The van der Waals surface area contributed by atoms with Gasteiger partial charge in [-0.2, -0.15) is 0 Å². The van der Waals surface area contributed by atoms with Gasteiger partial charge in [0, 0.05) is 19.1 Å². The Bertz CT molecular complexity index is 269. The fourth-order valence-corrected chi connectivity index (χ4v) is 2.93. The predicted octanol–water partition coefficient (Wildman–Crippen LogP) is 2.76. The lowest BCUT2D eigenvalue weighted by atomic mass is 9.83. The highest BCUT2D eigenvalue weighted by atomic mass is 16.3. The van der Waals surface area contributed by atoms with Crippen molar-refractivity contribution in [3.8, 4) is 0 Å². The number of urea groups is 1. The fraction of sp³-hybridized carbons (Fsp3) is 0.933. The molecule has 2 N–H and O–H groups in total. The van der Waals surface area contributed by atoms with Crippen LogP contribution in [0.1, 0.15) is 59.3 Å². The summed E-state index contributed by atoms with van der Waals surface area (Å²) in [5.74, 6) is 0.443. The van der Waals surface area contributed by atoms with Gasteiger partial charge in [-0.3, -0.25) is 0 Å². The number of aliphatic hydroxyl groups is 1. The zero-order valence-electron chi connectivity index (χ0n) is 12.7. The topological polar surface area (TPSA) is 52.6 Å². The van der Waals surface area contributed by atoms with E-state index in [1.807, 2.05) is 25.7 Å². The van der Waals surface area contributed by atoms with Gasteiger partial charge in [-0.15, -0.1) is 0 Å². The first kappa shape index (κ1) is 16.3. The Labute approximate surface area is 117 Å². The van der Waals surface area contributed by atoms with Crippen LogP contribution in [0.4, 0.5) is 4.79 Å². The van der Waals surface area contributed by atoms with Crippen molar-refractivity contribution in [2.45, 2.75) is 71.4 Å². The van der Waals surface area contributed by atoms with Crippen molar-refractivity contribution in [2.75, 3.05) is 13.1 Å². The van der Waals surface area contributed by atoms with Crippen molar-refractivity contribution in [3.05, 3.63) is 0 Å². The molecule has 4 heteroatoms. The zero-order valence-corrected chi connectivity index (χ0v) is 12.7. The van der Waals surface area contributed by atoms with Crippen molar-refractivity contribution in [1.82, 2.24) is 10.2 Å². The summed E-state index contributed by atoms with van der Waals surface area (Å²) in [6.07, 6.45) is 6.36. The molecule has 1 saturated carbocycles. The Kier molecular flexibility index (Phi) is 7.21. The van der Waals surface area contributed by atoms with E-state index >= 15 is 0 Å². The molecule has 0 aromatic heterocycles. The Morgan fingerprint density at radius 3 is 2.63 bits per heavy atom. The summed E-state index contributed by atoms with van der Waals surface area (Å²) in [4.78, 5) is 13.7. The van der Waals surface area contributed by atoms with Crippen LogP contribution in [-0.4, -0.2) is 41.3 Å². The summed E-state index contributed by atoms with van der Waals surface area (Å²) in [5.41, 5.74) is 0. The van der Waals surface area contributed by atoms with E-state index in [4.69, 9.17) is 0 Å². The standard InChI is InChI=1S/C15H30N2O2/c1-4-17(12(2)3)15(19)16-11-7-9-13-8-5-6-10-14(13)18/h12-14,18H,4-11H2,1-3H3,(H,16,19)/t13-,14-/m1/s1. The molecule has 0 aliphatic heterocycles. The molecule has 0 aromatic carbocycles. The first-order valence-corrected chi connectivity index (χ1v) is 7.78. The van der Waals surface area contributed by atoms with Gasteiger partial charge in [-0.05, 0) is 52.4 Å². The minimum atomic E-state index is -0.118. The van der Waals surface area contributed by atoms with E-state index in [-0.39, 0.29) is 18.2 Å². The van der Waals surface area contributed by atoms with Gasteiger partial charge in [-0.1, -0.05) is 12.8 Å². The molecule has 1 rings (SSSR count). The molecule has 0 bridgehead atoms. The van der Waals surface area contributed by atoms with Gasteiger partial charge in [0.2, 0.25) is 0 Å². The quantitative estimate of drug-likeness (QED) is 0.729. The number of hydrogen-bond donors (Lipinski definition) is 2. The Hall–Kier alpha value is -0.770. The molecular formula is C15H30N2O2. The molecule has 4 nitrogen and oxygen atoms in total. The summed E-state index contributed by atoms with van der Waals surface area (Å²) in [5, 5.41) is 12.9. The fourth-order valence-electron chi connectivity index (χ4n) is 2.93. The maximum Gasteiger partial charge on any atom is 0.317 e. The molecule has 112 valence electrons. The van der Waals surface area contributed by atoms with Crippen LogP contribution in [-0.2, 0) is 0 Å². The molecule has 0 spiro atoms. The first-order chi connectivity index (χ1) is 9.06. The van der Waals surface area contributed by atoms with Gasteiger partial charge in [0.05, 0.1) is 6.10 Å². The maximum atomic E-state index is 11.9. The molecule has 19 heavy (non-hydrogen) atoms. The van der Waals surface area contributed by atoms with Crippen LogP contribution in [0.2, 0.25) is 0 Å². The highest BCUT2D eigenvalue weighted by Gasteiger charge is 2.22. The Morgan fingerprint density at radius 2 is 2.05 bits per heavy atom. The SMILES string of the molecule is CCN(C(=O)NCCC[C@H]1CCCC[C@H]1O)C(C)C. The second-order valence-electron chi connectivity index (χ2n) is 5.87. The average molecular weight is 270 g/mol. The number of nitrogens with one attached hydrogen (secondary N) is 1. The third kappa shape index (κ3) is 5.39. The van der Waals surface area contributed by atoms with Crippen LogP contribution < -0.4 is 5.32 Å². The third-order valence-electron chi connectivity index (χ3n) is 4.12. The van der Waals surface area contributed by atoms with E-state index in [9.17, 15) is 9.90 Å². The van der Waals surface area contributed by atoms with E-state index in [0.717, 1.165) is 38.6 Å². The van der Waals surface area contributed by atoms with Crippen molar-refractivity contribution in [1.29, 1.82) is 0 Å². The van der Waals surface area contributed by atoms with Gasteiger partial charge in [-0.25, -0.2) is 4.79 Å². The van der Waals surface area contributed by atoms with E-state index in [0.29, 0.717) is 12.5 Å². The second kappa shape index (κ2) is 8.41. The van der Waals surface area contributed by atoms with Crippen LogP contribution in [0.25, 0.3) is 0 Å². The van der Waals surface area contributed by atoms with E-state index in [2.05, 4.69) is 5.32 Å². The summed E-state index contributed by atoms with van der Waals surface area (Å²) < 4.78 is 0. The highest BCUT2D eigenvalue weighted by molar-refractivity contribution is 5.74. The van der Waals surface area contributed by atoms with Gasteiger partial charge in [0.25, 0.3) is 0 Å². The summed E-state index contributed by atoms with van der Waals surface area (Å²) in [6.45, 7) is 7.51. The van der Waals surface area contributed by atoms with Crippen LogP contribution in [0, 0.1) is 5.92 Å². The largest absolute Gasteiger partial charge is 0.393 e. The lowest BCUT2D eigenvalue weighted by molar-refractivity contribution is 0.0643. The maximum absolute atomic E-state index is 11.9. The lowest BCUT2D eigenvalue weighted by Gasteiger charge is -2.28. The molecule has 1 fully saturated rings. The van der Waals surface area contributed by atoms with Crippen LogP contribution in [0.15, 0.2) is 0 Å². The molecule has 2 atom stereocenters. The van der Waals surface area contributed by atoms with E-state index < -0.39 is 0 Å². The number of rotatable bonds is 6. The Balaban J connectivity index is 2.17. The van der Waals surface area contributed by atoms with E-state index in [1.165, 1.54) is 6.42 Å². The number of amides is 2. The number of nitrogens with zero attached hydrogens (tertiary/aromatic N) is 1. The second-order valence-corrected chi connectivity index (χ2v) is 5.87. The predicted molar refractivity (Wildman–Crippen MR) is 78.1 cm³/mol. The molecule has 0 aromatic rings. The molecule has 0 saturated heterocycles. The summed E-state index contributed by atoms with van der Waals surface area (Å²) in [6, 6.07) is 0.270. The zero-order chi connectivity index (χ0) is 14.3. The van der Waals surface area contributed by atoms with Gasteiger partial charge in [0.1, 0.15) is 0 Å². The van der Waals surface area contributed by atoms with Crippen molar-refractivity contribution in [3.63, 3.8) is 0 Å². The number of carbonyl (C=O) groups is 1. The van der Waals surface area contributed by atoms with Crippen molar-refractivity contribution in [2.24, 2.45) is 5.92 Å². The highest BCUT2D eigenvalue weighted by Crippen LogP contribution is 2.27. The molecule has 1 aliphatic rings. The summed E-state index contributed by atoms with van der Waals surface area (Å²) >= 11 is 0. The molecule has 1 aliphatic carbocycles. The minimum absolute atomic E-state index is 0.0293. The number of carbonyl (C=O) groups excluding carboxylic acids is 1. The molecular weight excluding hydrogens is 240 g/mol. The first-order valence-electron chi connectivity index (χ1n) is 7.78. The number of aliphatic hydroxyl groups excluding tert-OH is 1.